The Kier molecular flexibility index (Phi) is 3.84. The summed E-state index contributed by atoms with van der Waals surface area (Å²) in [6, 6.07) is 5.95. The molecule has 0 amide bonds. The van der Waals surface area contributed by atoms with Crippen molar-refractivity contribution in [3.63, 3.8) is 0 Å². The number of hydrogen-bond acceptors (Lipinski definition) is 3. The van der Waals surface area contributed by atoms with Crippen LogP contribution in [0.2, 0.25) is 0 Å². The maximum atomic E-state index is 5.80. The molecule has 0 aliphatic carbocycles. The fourth-order valence-corrected chi connectivity index (χ4v) is 2.36. The normalized spacial score (nSPS) is 22.2. The second kappa shape index (κ2) is 5.17. The van der Waals surface area contributed by atoms with E-state index in [1.165, 1.54) is 5.56 Å². The molecule has 0 saturated carbocycles. The van der Waals surface area contributed by atoms with Crippen molar-refractivity contribution in [2.75, 3.05) is 25.4 Å². The molecule has 1 aliphatic heterocycles. The van der Waals surface area contributed by atoms with Gasteiger partial charge < -0.3 is 10.5 Å². The highest BCUT2D eigenvalue weighted by Crippen LogP contribution is 2.22. The third-order valence-electron chi connectivity index (χ3n) is 2.79. The molecule has 1 fully saturated rings. The molecule has 4 heteroatoms. The smallest absolute Gasteiger partial charge is 0.0674 e. The van der Waals surface area contributed by atoms with Crippen LogP contribution in [0.1, 0.15) is 12.5 Å². The Morgan fingerprint density at radius 3 is 3.12 bits per heavy atom. The number of ether oxygens (including phenoxy) is 1. The van der Waals surface area contributed by atoms with E-state index in [0.717, 1.165) is 36.4 Å². The van der Waals surface area contributed by atoms with Gasteiger partial charge in [-0.3, -0.25) is 4.90 Å². The van der Waals surface area contributed by atoms with Crippen LogP contribution in [-0.4, -0.2) is 30.7 Å². The minimum absolute atomic E-state index is 0.327. The first-order valence-electron chi connectivity index (χ1n) is 5.53. The first-order chi connectivity index (χ1) is 7.65. The quantitative estimate of drug-likeness (QED) is 0.847. The Bertz CT molecular complexity index is 370. The Hall–Kier alpha value is -0.580. The van der Waals surface area contributed by atoms with E-state index in [4.69, 9.17) is 10.5 Å². The van der Waals surface area contributed by atoms with Crippen molar-refractivity contribution in [3.8, 4) is 0 Å². The van der Waals surface area contributed by atoms with Gasteiger partial charge in [0.05, 0.1) is 12.7 Å². The lowest BCUT2D eigenvalue weighted by Gasteiger charge is -2.31. The van der Waals surface area contributed by atoms with Gasteiger partial charge in [-0.05, 0) is 30.7 Å². The van der Waals surface area contributed by atoms with Crippen molar-refractivity contribution in [2.45, 2.75) is 19.6 Å². The molecule has 0 bridgehead atoms. The van der Waals surface area contributed by atoms with Gasteiger partial charge >= 0.3 is 0 Å². The van der Waals surface area contributed by atoms with E-state index in [2.05, 4.69) is 27.8 Å². The number of rotatable bonds is 2. The summed E-state index contributed by atoms with van der Waals surface area (Å²) in [5.74, 6) is 0. The zero-order chi connectivity index (χ0) is 11.5. The highest BCUT2D eigenvalue weighted by Gasteiger charge is 2.17. The molecule has 1 aliphatic rings. The van der Waals surface area contributed by atoms with Crippen LogP contribution in [0.5, 0.6) is 0 Å². The molecule has 16 heavy (non-hydrogen) atoms. The number of benzene rings is 1. The van der Waals surface area contributed by atoms with Gasteiger partial charge in [0.15, 0.2) is 0 Å². The van der Waals surface area contributed by atoms with Gasteiger partial charge in [-0.1, -0.05) is 15.9 Å². The lowest BCUT2D eigenvalue weighted by molar-refractivity contribution is -0.0212. The summed E-state index contributed by atoms with van der Waals surface area (Å²) in [6.07, 6.45) is 0.327. The van der Waals surface area contributed by atoms with Crippen LogP contribution in [0.25, 0.3) is 0 Å². The average molecular weight is 285 g/mol. The summed E-state index contributed by atoms with van der Waals surface area (Å²) in [5.41, 5.74) is 7.86. The molecule has 2 rings (SSSR count). The predicted octanol–water partition coefficient (Wildman–Crippen LogP) is 2.25. The molecule has 1 aromatic rings. The van der Waals surface area contributed by atoms with E-state index in [1.54, 1.807) is 0 Å². The molecule has 2 N–H and O–H groups in total. The minimum Gasteiger partial charge on any atom is -0.399 e. The van der Waals surface area contributed by atoms with E-state index in [-0.39, 0.29) is 0 Å². The fourth-order valence-electron chi connectivity index (χ4n) is 1.99. The van der Waals surface area contributed by atoms with E-state index < -0.39 is 0 Å². The van der Waals surface area contributed by atoms with Crippen molar-refractivity contribution in [1.29, 1.82) is 0 Å². The minimum atomic E-state index is 0.327. The van der Waals surface area contributed by atoms with Crippen LogP contribution in [-0.2, 0) is 11.3 Å². The lowest BCUT2D eigenvalue weighted by atomic mass is 10.1. The van der Waals surface area contributed by atoms with Crippen LogP contribution < -0.4 is 5.73 Å². The van der Waals surface area contributed by atoms with Crippen LogP contribution >= 0.6 is 15.9 Å². The van der Waals surface area contributed by atoms with Crippen molar-refractivity contribution < 1.29 is 4.74 Å². The van der Waals surface area contributed by atoms with Crippen LogP contribution in [0.3, 0.4) is 0 Å². The number of hydrogen-bond donors (Lipinski definition) is 1. The van der Waals surface area contributed by atoms with E-state index >= 15 is 0 Å². The molecule has 88 valence electrons. The molecule has 1 atom stereocenters. The molecule has 3 nitrogen and oxygen atoms in total. The van der Waals surface area contributed by atoms with Gasteiger partial charge in [-0.2, -0.15) is 0 Å². The molecule has 1 unspecified atom stereocenters. The van der Waals surface area contributed by atoms with Gasteiger partial charge in [0, 0.05) is 29.8 Å². The van der Waals surface area contributed by atoms with E-state index in [0.29, 0.717) is 6.10 Å². The van der Waals surface area contributed by atoms with E-state index in [9.17, 15) is 0 Å². The second-order valence-corrected chi connectivity index (χ2v) is 5.12. The third-order valence-corrected chi connectivity index (χ3v) is 3.56. The van der Waals surface area contributed by atoms with Crippen molar-refractivity contribution >= 4 is 21.6 Å². The first-order valence-corrected chi connectivity index (χ1v) is 6.32. The van der Waals surface area contributed by atoms with Crippen molar-refractivity contribution in [1.82, 2.24) is 4.90 Å². The first kappa shape index (κ1) is 11.9. The maximum Gasteiger partial charge on any atom is 0.0674 e. The highest BCUT2D eigenvalue weighted by atomic mass is 79.9. The zero-order valence-corrected chi connectivity index (χ0v) is 11.0. The SMILES string of the molecule is CC1CN(Cc2cc(N)ccc2Br)CCO1. The van der Waals surface area contributed by atoms with Gasteiger partial charge in [-0.25, -0.2) is 0 Å². The topological polar surface area (TPSA) is 38.5 Å². The average Bonchev–Trinajstić information content (AvgIpc) is 2.24. The third kappa shape index (κ3) is 2.97. The number of nitrogens with two attached hydrogens (primary N) is 1. The number of nitrogens with zero attached hydrogens (tertiary/aromatic N) is 1. The molecular formula is C12H17BrN2O. The molecule has 0 aromatic heterocycles. The molecule has 1 aromatic carbocycles. The van der Waals surface area contributed by atoms with Gasteiger partial charge in [0.1, 0.15) is 0 Å². The molecule has 1 heterocycles. The fraction of sp³-hybridized carbons (Fsp3) is 0.500. The zero-order valence-electron chi connectivity index (χ0n) is 9.45. The predicted molar refractivity (Wildman–Crippen MR) is 69.2 cm³/mol. The van der Waals surface area contributed by atoms with Crippen molar-refractivity contribution in [2.24, 2.45) is 0 Å². The summed E-state index contributed by atoms with van der Waals surface area (Å²) in [6.45, 7) is 5.84. The van der Waals surface area contributed by atoms with Crippen LogP contribution in [0.4, 0.5) is 5.69 Å². The highest BCUT2D eigenvalue weighted by molar-refractivity contribution is 9.10. The maximum absolute atomic E-state index is 5.80. The molecule has 1 saturated heterocycles. The monoisotopic (exact) mass is 284 g/mol. The lowest BCUT2D eigenvalue weighted by Crippen LogP contribution is -2.40. The Morgan fingerprint density at radius 2 is 2.38 bits per heavy atom. The van der Waals surface area contributed by atoms with Gasteiger partial charge in [0.2, 0.25) is 0 Å². The number of nitrogen functional groups attached to an aromatic ring is 1. The van der Waals surface area contributed by atoms with Crippen molar-refractivity contribution in [3.05, 3.63) is 28.2 Å². The number of halogens is 1. The second-order valence-electron chi connectivity index (χ2n) is 4.27. The Morgan fingerprint density at radius 1 is 1.56 bits per heavy atom. The summed E-state index contributed by atoms with van der Waals surface area (Å²) in [7, 11) is 0. The molecule has 0 spiro atoms. The number of anilines is 1. The number of morpholine rings is 1. The summed E-state index contributed by atoms with van der Waals surface area (Å²) in [5, 5.41) is 0. The summed E-state index contributed by atoms with van der Waals surface area (Å²) in [4.78, 5) is 2.40. The summed E-state index contributed by atoms with van der Waals surface area (Å²) >= 11 is 3.56. The summed E-state index contributed by atoms with van der Waals surface area (Å²) < 4.78 is 6.65. The Balaban J connectivity index is 2.05. The van der Waals surface area contributed by atoms with Crippen LogP contribution in [0, 0.1) is 0 Å². The van der Waals surface area contributed by atoms with Gasteiger partial charge in [0.25, 0.3) is 0 Å². The van der Waals surface area contributed by atoms with Crippen LogP contribution in [0.15, 0.2) is 22.7 Å². The van der Waals surface area contributed by atoms with Gasteiger partial charge in [-0.15, -0.1) is 0 Å². The molecular weight excluding hydrogens is 268 g/mol. The molecule has 0 radical (unpaired) electrons. The standard InChI is InChI=1S/C12H17BrN2O/c1-9-7-15(4-5-16-9)8-10-6-11(14)2-3-12(10)13/h2-3,6,9H,4-5,7-8,14H2,1H3. The largest absolute Gasteiger partial charge is 0.399 e. The Labute approximate surface area is 105 Å². The van der Waals surface area contributed by atoms with E-state index in [1.807, 2.05) is 18.2 Å².